The Morgan fingerprint density at radius 2 is 1.88 bits per heavy atom. The largest absolute Gasteiger partial charge is 0.417 e. The van der Waals surface area contributed by atoms with Crippen LogP contribution in [0.15, 0.2) is 28.8 Å². The van der Waals surface area contributed by atoms with Crippen molar-refractivity contribution in [3.63, 3.8) is 0 Å². The second kappa shape index (κ2) is 11.1. The van der Waals surface area contributed by atoms with E-state index in [2.05, 4.69) is 10.5 Å². The molecule has 0 bridgehead atoms. The van der Waals surface area contributed by atoms with Gasteiger partial charge in [0.1, 0.15) is 0 Å². The van der Waals surface area contributed by atoms with Crippen LogP contribution in [0.5, 0.6) is 0 Å². The van der Waals surface area contributed by atoms with E-state index in [0.717, 1.165) is 43.5 Å². The van der Waals surface area contributed by atoms with E-state index in [0.29, 0.717) is 43.7 Å². The SMILES string of the molecule is CC(C)(C)OCCNc1cc(C2CCC(CCC(=O)c3ccc(C(F)(F)F)c(Cl)c3)CC2)no1. The minimum atomic E-state index is -4.53. The van der Waals surface area contributed by atoms with Crippen LogP contribution in [0.4, 0.5) is 19.1 Å². The Hall–Kier alpha value is -2.06. The van der Waals surface area contributed by atoms with E-state index in [9.17, 15) is 18.0 Å². The number of nitrogens with one attached hydrogen (secondary N) is 1. The van der Waals surface area contributed by atoms with E-state index >= 15 is 0 Å². The molecular weight excluding hydrogens is 469 g/mol. The summed E-state index contributed by atoms with van der Waals surface area (Å²) in [4.78, 5) is 12.5. The Labute approximate surface area is 203 Å². The van der Waals surface area contributed by atoms with Crippen LogP contribution in [0.1, 0.15) is 86.8 Å². The number of carbonyl (C=O) groups is 1. The molecule has 5 nitrogen and oxygen atoms in total. The van der Waals surface area contributed by atoms with Gasteiger partial charge in [-0.1, -0.05) is 22.8 Å². The van der Waals surface area contributed by atoms with Crippen LogP contribution >= 0.6 is 11.6 Å². The maximum Gasteiger partial charge on any atom is 0.417 e. The molecule has 1 aliphatic carbocycles. The Morgan fingerprint density at radius 3 is 2.50 bits per heavy atom. The number of benzene rings is 1. The Kier molecular flexibility index (Phi) is 8.68. The normalized spacial score (nSPS) is 19.3. The van der Waals surface area contributed by atoms with Crippen molar-refractivity contribution in [1.82, 2.24) is 5.16 Å². The van der Waals surface area contributed by atoms with Crippen LogP contribution in [0.3, 0.4) is 0 Å². The van der Waals surface area contributed by atoms with Crippen LogP contribution < -0.4 is 5.32 Å². The summed E-state index contributed by atoms with van der Waals surface area (Å²) in [6.45, 7) is 7.24. The summed E-state index contributed by atoms with van der Waals surface area (Å²) in [5.41, 5.74) is 0.0614. The first-order valence-corrected chi connectivity index (χ1v) is 12.0. The second-order valence-electron chi connectivity index (χ2n) is 9.88. The van der Waals surface area contributed by atoms with Gasteiger partial charge in [-0.25, -0.2) is 0 Å². The summed E-state index contributed by atoms with van der Waals surface area (Å²) < 4.78 is 49.6. The molecule has 0 aliphatic heterocycles. The molecule has 1 aromatic carbocycles. The minimum absolute atomic E-state index is 0.178. The van der Waals surface area contributed by atoms with Gasteiger partial charge in [0, 0.05) is 30.5 Å². The zero-order valence-electron chi connectivity index (χ0n) is 19.8. The van der Waals surface area contributed by atoms with Crippen molar-refractivity contribution in [2.24, 2.45) is 5.92 Å². The number of ketones is 1. The van der Waals surface area contributed by atoms with E-state index in [1.165, 1.54) is 6.07 Å². The molecule has 1 aliphatic rings. The number of alkyl halides is 3. The van der Waals surface area contributed by atoms with Crippen molar-refractivity contribution in [1.29, 1.82) is 0 Å². The smallest absolute Gasteiger partial charge is 0.374 e. The lowest BCUT2D eigenvalue weighted by atomic mass is 9.78. The van der Waals surface area contributed by atoms with Gasteiger partial charge in [-0.05, 0) is 70.9 Å². The average Bonchev–Trinajstić information content (AvgIpc) is 3.23. The Morgan fingerprint density at radius 1 is 1.18 bits per heavy atom. The summed E-state index contributed by atoms with van der Waals surface area (Å²) >= 11 is 5.74. The number of aromatic nitrogens is 1. The van der Waals surface area contributed by atoms with Crippen LogP contribution in [-0.4, -0.2) is 29.7 Å². The van der Waals surface area contributed by atoms with Crippen molar-refractivity contribution >= 4 is 23.3 Å². The molecule has 1 heterocycles. The molecule has 0 unspecified atom stereocenters. The third-order valence-electron chi connectivity index (χ3n) is 6.11. The van der Waals surface area contributed by atoms with Gasteiger partial charge in [0.15, 0.2) is 5.78 Å². The van der Waals surface area contributed by atoms with Gasteiger partial charge in [-0.3, -0.25) is 4.79 Å². The summed E-state index contributed by atoms with van der Waals surface area (Å²) in [7, 11) is 0. The zero-order chi connectivity index (χ0) is 24.9. The van der Waals surface area contributed by atoms with Gasteiger partial charge in [0.2, 0.25) is 5.88 Å². The monoisotopic (exact) mass is 500 g/mol. The highest BCUT2D eigenvalue weighted by atomic mass is 35.5. The average molecular weight is 501 g/mol. The highest BCUT2D eigenvalue weighted by Gasteiger charge is 2.33. The van der Waals surface area contributed by atoms with Crippen molar-refractivity contribution in [2.45, 2.75) is 77.0 Å². The molecule has 0 spiro atoms. The summed E-state index contributed by atoms with van der Waals surface area (Å²) in [6, 6.07) is 5.15. The molecule has 1 N–H and O–H groups in total. The van der Waals surface area contributed by atoms with Crippen molar-refractivity contribution in [3.8, 4) is 0 Å². The predicted molar refractivity (Wildman–Crippen MR) is 125 cm³/mol. The van der Waals surface area contributed by atoms with E-state index in [-0.39, 0.29) is 16.9 Å². The lowest BCUT2D eigenvalue weighted by molar-refractivity contribution is -0.137. The topological polar surface area (TPSA) is 64.4 Å². The standard InChI is InChI=1S/C25H32ClF3N2O3/c1-24(2,3)33-13-12-30-23-15-21(31-34-23)17-7-4-16(5-8-17)6-11-22(32)18-9-10-19(20(26)14-18)25(27,28)29/h9-10,14-17,30H,4-8,11-13H2,1-3H3. The number of ether oxygens (including phenoxy) is 1. The lowest BCUT2D eigenvalue weighted by Gasteiger charge is -2.27. The highest BCUT2D eigenvalue weighted by Crippen LogP contribution is 2.38. The molecule has 0 amide bonds. The molecule has 34 heavy (non-hydrogen) atoms. The van der Waals surface area contributed by atoms with Gasteiger partial charge in [0.25, 0.3) is 0 Å². The summed E-state index contributed by atoms with van der Waals surface area (Å²) in [5, 5.41) is 6.96. The molecule has 3 rings (SSSR count). The maximum atomic E-state index is 12.8. The fourth-order valence-electron chi connectivity index (χ4n) is 4.24. The summed E-state index contributed by atoms with van der Waals surface area (Å²) in [6.07, 6.45) is 0.351. The quantitative estimate of drug-likeness (QED) is 0.285. The molecule has 1 saturated carbocycles. The first-order valence-electron chi connectivity index (χ1n) is 11.7. The molecular formula is C25H32ClF3N2O3. The molecule has 2 aromatic rings. The third kappa shape index (κ3) is 7.73. The van der Waals surface area contributed by atoms with E-state index in [1.807, 2.05) is 26.8 Å². The molecule has 1 fully saturated rings. The molecule has 0 radical (unpaired) electrons. The third-order valence-corrected chi connectivity index (χ3v) is 6.42. The number of halogens is 4. The molecule has 188 valence electrons. The van der Waals surface area contributed by atoms with Crippen LogP contribution in [-0.2, 0) is 10.9 Å². The number of anilines is 1. The number of hydrogen-bond acceptors (Lipinski definition) is 5. The number of hydrogen-bond donors (Lipinski definition) is 1. The maximum absolute atomic E-state index is 12.8. The fraction of sp³-hybridized carbons (Fsp3) is 0.600. The Bertz CT molecular complexity index is 961. The zero-order valence-corrected chi connectivity index (χ0v) is 20.6. The fourth-order valence-corrected chi connectivity index (χ4v) is 4.53. The number of rotatable bonds is 9. The molecule has 0 saturated heterocycles. The van der Waals surface area contributed by atoms with E-state index < -0.39 is 16.8 Å². The van der Waals surface area contributed by atoms with Gasteiger partial charge in [-0.2, -0.15) is 13.2 Å². The lowest BCUT2D eigenvalue weighted by Crippen LogP contribution is -2.23. The van der Waals surface area contributed by atoms with Gasteiger partial charge in [0.05, 0.1) is 28.5 Å². The Balaban J connectivity index is 1.41. The van der Waals surface area contributed by atoms with E-state index in [1.54, 1.807) is 0 Å². The number of nitrogens with zero attached hydrogens (tertiary/aromatic N) is 1. The molecule has 0 atom stereocenters. The summed E-state index contributed by atoms with van der Waals surface area (Å²) in [5.74, 6) is 1.19. The van der Waals surface area contributed by atoms with Crippen LogP contribution in [0.25, 0.3) is 0 Å². The van der Waals surface area contributed by atoms with Gasteiger partial charge < -0.3 is 14.6 Å². The second-order valence-corrected chi connectivity index (χ2v) is 10.3. The van der Waals surface area contributed by atoms with Crippen molar-refractivity contribution < 1.29 is 27.2 Å². The van der Waals surface area contributed by atoms with Crippen molar-refractivity contribution in [3.05, 3.63) is 46.1 Å². The van der Waals surface area contributed by atoms with Crippen molar-refractivity contribution in [2.75, 3.05) is 18.5 Å². The highest BCUT2D eigenvalue weighted by molar-refractivity contribution is 6.31. The first-order chi connectivity index (χ1) is 15.9. The van der Waals surface area contributed by atoms with Crippen LogP contribution in [0, 0.1) is 5.92 Å². The molecule has 9 heteroatoms. The van der Waals surface area contributed by atoms with Gasteiger partial charge >= 0.3 is 6.18 Å². The molecule has 1 aromatic heterocycles. The number of carbonyl (C=O) groups excluding carboxylic acids is 1. The number of Topliss-reactive ketones (excluding diaryl/α,β-unsaturated/α-hetero) is 1. The predicted octanol–water partition coefficient (Wildman–Crippen LogP) is 7.51. The van der Waals surface area contributed by atoms with Gasteiger partial charge in [-0.15, -0.1) is 0 Å². The van der Waals surface area contributed by atoms with E-state index in [4.69, 9.17) is 20.9 Å². The van der Waals surface area contributed by atoms with Crippen LogP contribution in [0.2, 0.25) is 5.02 Å². The minimum Gasteiger partial charge on any atom is -0.374 e. The first kappa shape index (κ1) is 26.5.